The predicted molar refractivity (Wildman–Crippen MR) is 106 cm³/mol. The summed E-state index contributed by atoms with van der Waals surface area (Å²) < 4.78 is 5.88. The Morgan fingerprint density at radius 1 is 1.04 bits per heavy atom. The topological polar surface area (TPSA) is 32.8 Å². The lowest BCUT2D eigenvalue weighted by Gasteiger charge is -2.33. The fourth-order valence-corrected chi connectivity index (χ4v) is 3.43. The molecule has 0 aromatic heterocycles. The maximum atomic E-state index is 12.7. The van der Waals surface area contributed by atoms with E-state index in [9.17, 15) is 4.79 Å². The van der Waals surface area contributed by atoms with Crippen molar-refractivity contribution in [3.05, 3.63) is 60.7 Å². The van der Waals surface area contributed by atoms with E-state index < -0.39 is 0 Å². The fourth-order valence-electron chi connectivity index (χ4n) is 3.43. The van der Waals surface area contributed by atoms with Crippen LogP contribution in [0.15, 0.2) is 60.7 Å². The minimum absolute atomic E-state index is 0.178. The number of hydrogen-bond donors (Lipinski definition) is 0. The second kappa shape index (κ2) is 9.39. The molecule has 1 fully saturated rings. The quantitative estimate of drug-likeness (QED) is 0.759. The van der Waals surface area contributed by atoms with Crippen LogP contribution in [-0.4, -0.2) is 43.6 Å². The van der Waals surface area contributed by atoms with Gasteiger partial charge >= 0.3 is 0 Å². The molecule has 1 amide bonds. The van der Waals surface area contributed by atoms with E-state index in [4.69, 9.17) is 4.74 Å². The summed E-state index contributed by atoms with van der Waals surface area (Å²) in [5.74, 6) is 1.68. The summed E-state index contributed by atoms with van der Waals surface area (Å²) in [5.41, 5.74) is 0.978. The van der Waals surface area contributed by atoms with Gasteiger partial charge in [0.2, 0.25) is 5.91 Å². The van der Waals surface area contributed by atoms with E-state index in [2.05, 4.69) is 4.90 Å². The maximum absolute atomic E-state index is 12.7. The molecule has 2 aromatic rings. The van der Waals surface area contributed by atoms with Crippen LogP contribution in [0.5, 0.6) is 5.75 Å². The number of anilines is 1. The van der Waals surface area contributed by atoms with Crippen LogP contribution >= 0.6 is 0 Å². The lowest BCUT2D eigenvalue weighted by Crippen LogP contribution is -2.44. The second-order valence-electron chi connectivity index (χ2n) is 6.82. The number of piperidine rings is 1. The Labute approximate surface area is 156 Å². The van der Waals surface area contributed by atoms with Crippen molar-refractivity contribution in [2.45, 2.75) is 19.8 Å². The summed E-state index contributed by atoms with van der Waals surface area (Å²) >= 11 is 0. The first-order valence-corrected chi connectivity index (χ1v) is 9.52. The number of para-hydroxylation sites is 2. The van der Waals surface area contributed by atoms with Crippen molar-refractivity contribution in [2.75, 3.05) is 37.7 Å². The number of rotatable bonds is 7. The summed E-state index contributed by atoms with van der Waals surface area (Å²) in [5, 5.41) is 0. The minimum Gasteiger partial charge on any atom is -0.493 e. The van der Waals surface area contributed by atoms with Crippen LogP contribution in [0.3, 0.4) is 0 Å². The molecular formula is C22H28N2O2. The van der Waals surface area contributed by atoms with E-state index in [0.29, 0.717) is 19.0 Å². The number of nitrogens with zero attached hydrogens (tertiary/aromatic N) is 2. The molecule has 4 nitrogen and oxygen atoms in total. The van der Waals surface area contributed by atoms with Gasteiger partial charge in [-0.05, 0) is 63.0 Å². The Morgan fingerprint density at radius 3 is 2.27 bits per heavy atom. The Bertz CT molecular complexity index is 667. The molecule has 0 spiro atoms. The summed E-state index contributed by atoms with van der Waals surface area (Å²) in [6.07, 6.45) is 2.16. The minimum atomic E-state index is 0.178. The van der Waals surface area contributed by atoms with Gasteiger partial charge in [-0.2, -0.15) is 0 Å². The highest BCUT2D eigenvalue weighted by atomic mass is 16.5. The van der Waals surface area contributed by atoms with E-state index in [1.807, 2.05) is 72.5 Å². The molecule has 0 radical (unpaired) electrons. The number of ether oxygens (including phenoxy) is 1. The Morgan fingerprint density at radius 2 is 1.65 bits per heavy atom. The molecule has 0 N–H and O–H groups in total. The molecular weight excluding hydrogens is 324 g/mol. The van der Waals surface area contributed by atoms with Crippen molar-refractivity contribution in [1.82, 2.24) is 4.90 Å². The van der Waals surface area contributed by atoms with E-state index in [0.717, 1.165) is 44.0 Å². The number of likely N-dealkylation sites (N-methyl/N-ethyl adjacent to an activating group) is 1. The number of amides is 1. The lowest BCUT2D eigenvalue weighted by atomic mass is 9.98. The molecule has 1 saturated heterocycles. The van der Waals surface area contributed by atoms with Gasteiger partial charge in [-0.1, -0.05) is 36.4 Å². The van der Waals surface area contributed by atoms with Gasteiger partial charge in [0.25, 0.3) is 0 Å². The molecule has 1 heterocycles. The summed E-state index contributed by atoms with van der Waals surface area (Å²) in [6.45, 7) is 5.90. The van der Waals surface area contributed by atoms with E-state index in [1.165, 1.54) is 0 Å². The van der Waals surface area contributed by atoms with E-state index in [1.54, 1.807) is 0 Å². The van der Waals surface area contributed by atoms with Crippen LogP contribution < -0.4 is 9.64 Å². The summed E-state index contributed by atoms with van der Waals surface area (Å²) in [6, 6.07) is 19.9. The SMILES string of the molecule is CCN(C(=O)CN1CCC(COc2ccccc2)CC1)c1ccccc1. The molecule has 2 aromatic carbocycles. The first-order valence-electron chi connectivity index (χ1n) is 9.52. The zero-order chi connectivity index (χ0) is 18.2. The van der Waals surface area contributed by atoms with Gasteiger partial charge in [0.05, 0.1) is 13.2 Å². The van der Waals surface area contributed by atoms with Crippen molar-refractivity contribution in [1.29, 1.82) is 0 Å². The number of benzene rings is 2. The first kappa shape index (κ1) is 18.5. The molecule has 1 aliphatic rings. The zero-order valence-corrected chi connectivity index (χ0v) is 15.5. The van der Waals surface area contributed by atoms with Crippen LogP contribution in [0, 0.1) is 5.92 Å². The molecule has 3 rings (SSSR count). The second-order valence-corrected chi connectivity index (χ2v) is 6.82. The average molecular weight is 352 g/mol. The largest absolute Gasteiger partial charge is 0.493 e. The molecule has 0 bridgehead atoms. The zero-order valence-electron chi connectivity index (χ0n) is 15.5. The summed E-state index contributed by atoms with van der Waals surface area (Å²) in [4.78, 5) is 16.8. The highest BCUT2D eigenvalue weighted by molar-refractivity contribution is 5.94. The monoisotopic (exact) mass is 352 g/mol. The lowest BCUT2D eigenvalue weighted by molar-refractivity contribution is -0.120. The van der Waals surface area contributed by atoms with Crippen molar-refractivity contribution in [3.8, 4) is 5.75 Å². The van der Waals surface area contributed by atoms with Gasteiger partial charge in [-0.25, -0.2) is 0 Å². The number of likely N-dealkylation sites (tertiary alicyclic amines) is 1. The molecule has 0 saturated carbocycles. The molecule has 26 heavy (non-hydrogen) atoms. The van der Waals surface area contributed by atoms with E-state index in [-0.39, 0.29) is 5.91 Å². The van der Waals surface area contributed by atoms with Gasteiger partial charge in [-0.3, -0.25) is 9.69 Å². The highest BCUT2D eigenvalue weighted by Gasteiger charge is 2.23. The van der Waals surface area contributed by atoms with E-state index >= 15 is 0 Å². The van der Waals surface area contributed by atoms with Crippen molar-refractivity contribution in [2.24, 2.45) is 5.92 Å². The third-order valence-electron chi connectivity index (χ3n) is 4.98. The van der Waals surface area contributed by atoms with Crippen LogP contribution in [0.25, 0.3) is 0 Å². The van der Waals surface area contributed by atoms with Gasteiger partial charge in [0.15, 0.2) is 0 Å². The third kappa shape index (κ3) is 5.09. The van der Waals surface area contributed by atoms with Gasteiger partial charge in [-0.15, -0.1) is 0 Å². The Hall–Kier alpha value is -2.33. The van der Waals surface area contributed by atoms with Crippen LogP contribution in [0.4, 0.5) is 5.69 Å². The molecule has 0 aliphatic carbocycles. The number of hydrogen-bond acceptors (Lipinski definition) is 3. The normalized spacial score (nSPS) is 15.6. The number of carbonyl (C=O) groups excluding carboxylic acids is 1. The molecule has 0 atom stereocenters. The Balaban J connectivity index is 1.44. The van der Waals surface area contributed by atoms with Crippen LogP contribution in [0.1, 0.15) is 19.8 Å². The Kier molecular flexibility index (Phi) is 6.67. The molecule has 0 unspecified atom stereocenters. The van der Waals surface area contributed by atoms with Crippen molar-refractivity contribution < 1.29 is 9.53 Å². The standard InChI is InChI=1S/C22H28N2O2/c1-2-24(20-9-5-3-6-10-20)22(25)17-23-15-13-19(14-16-23)18-26-21-11-7-4-8-12-21/h3-12,19H,2,13-18H2,1H3. The van der Waals surface area contributed by atoms with Gasteiger partial charge < -0.3 is 9.64 Å². The van der Waals surface area contributed by atoms with Crippen LogP contribution in [-0.2, 0) is 4.79 Å². The summed E-state index contributed by atoms with van der Waals surface area (Å²) in [7, 11) is 0. The molecule has 138 valence electrons. The van der Waals surface area contributed by atoms with Gasteiger partial charge in [0.1, 0.15) is 5.75 Å². The van der Waals surface area contributed by atoms with Crippen LogP contribution in [0.2, 0.25) is 0 Å². The number of carbonyl (C=O) groups is 1. The smallest absolute Gasteiger partial charge is 0.241 e. The highest BCUT2D eigenvalue weighted by Crippen LogP contribution is 2.20. The fraction of sp³-hybridized carbons (Fsp3) is 0.409. The predicted octanol–water partition coefficient (Wildman–Crippen LogP) is 3.83. The van der Waals surface area contributed by atoms with Crippen molar-refractivity contribution >= 4 is 11.6 Å². The average Bonchev–Trinajstić information content (AvgIpc) is 2.70. The first-order chi connectivity index (χ1) is 12.8. The molecule has 1 aliphatic heterocycles. The van der Waals surface area contributed by atoms with Gasteiger partial charge in [0, 0.05) is 12.2 Å². The maximum Gasteiger partial charge on any atom is 0.241 e. The van der Waals surface area contributed by atoms with Crippen molar-refractivity contribution in [3.63, 3.8) is 0 Å². The third-order valence-corrected chi connectivity index (χ3v) is 4.98. The molecule has 4 heteroatoms.